The van der Waals surface area contributed by atoms with Crippen molar-refractivity contribution in [1.82, 2.24) is 14.1 Å². The van der Waals surface area contributed by atoms with Crippen LogP contribution in [0.5, 0.6) is 0 Å². The quantitative estimate of drug-likeness (QED) is 0.394. The van der Waals surface area contributed by atoms with E-state index in [2.05, 4.69) is 0 Å². The maximum absolute atomic E-state index is 13.7. The molecule has 7 nitrogen and oxygen atoms in total. The number of nitrogens with zero attached hydrogens (tertiary/aromatic N) is 3. The van der Waals surface area contributed by atoms with Gasteiger partial charge in [0.2, 0.25) is 21.8 Å². The van der Waals surface area contributed by atoms with Crippen LogP contribution in [0, 0.1) is 18.8 Å². The summed E-state index contributed by atoms with van der Waals surface area (Å²) in [6, 6.07) is 8.13. The van der Waals surface area contributed by atoms with E-state index in [9.17, 15) is 18.0 Å². The molecule has 208 valence electrons. The van der Waals surface area contributed by atoms with Gasteiger partial charge in [0.05, 0.1) is 12.3 Å². The van der Waals surface area contributed by atoms with Gasteiger partial charge in [-0.2, -0.15) is 4.31 Å². The zero-order chi connectivity index (χ0) is 27.0. The van der Waals surface area contributed by atoms with E-state index in [-0.39, 0.29) is 36.1 Å². The van der Waals surface area contributed by atoms with Gasteiger partial charge in [0.25, 0.3) is 0 Å². The van der Waals surface area contributed by atoms with Gasteiger partial charge in [-0.25, -0.2) is 8.42 Å². The van der Waals surface area contributed by atoms with Gasteiger partial charge in [-0.1, -0.05) is 69.4 Å². The summed E-state index contributed by atoms with van der Waals surface area (Å²) >= 11 is 0. The third-order valence-corrected chi connectivity index (χ3v) is 9.73. The van der Waals surface area contributed by atoms with Gasteiger partial charge in [-0.3, -0.25) is 9.59 Å². The molecule has 1 saturated heterocycles. The van der Waals surface area contributed by atoms with Gasteiger partial charge < -0.3 is 9.80 Å². The van der Waals surface area contributed by atoms with E-state index in [0.29, 0.717) is 38.5 Å². The Kier molecular flexibility index (Phi) is 11.0. The van der Waals surface area contributed by atoms with Crippen molar-refractivity contribution >= 4 is 21.8 Å². The van der Waals surface area contributed by atoms with Crippen LogP contribution in [-0.4, -0.2) is 72.3 Å². The number of sulfonamides is 1. The predicted molar refractivity (Wildman–Crippen MR) is 148 cm³/mol. The van der Waals surface area contributed by atoms with Gasteiger partial charge in [0.1, 0.15) is 0 Å². The number of hydrogen-bond acceptors (Lipinski definition) is 4. The average Bonchev–Trinajstić information content (AvgIpc) is 3.40. The van der Waals surface area contributed by atoms with Gasteiger partial charge in [-0.15, -0.1) is 0 Å². The molecule has 0 radical (unpaired) electrons. The summed E-state index contributed by atoms with van der Waals surface area (Å²) in [6.45, 7) is 9.51. The van der Waals surface area contributed by atoms with E-state index in [1.807, 2.05) is 54.8 Å². The fourth-order valence-electron chi connectivity index (χ4n) is 5.63. The Morgan fingerprint density at radius 2 is 1.65 bits per heavy atom. The fraction of sp³-hybridized carbons (Fsp3) is 0.724. The molecule has 2 fully saturated rings. The Hall–Kier alpha value is -1.93. The van der Waals surface area contributed by atoms with Crippen molar-refractivity contribution in [2.75, 3.05) is 31.9 Å². The normalized spacial score (nSPS) is 17.6. The number of piperidine rings is 1. The fourth-order valence-corrected chi connectivity index (χ4v) is 6.83. The lowest BCUT2D eigenvalue weighted by Crippen LogP contribution is -2.51. The molecule has 3 rings (SSSR count). The lowest BCUT2D eigenvalue weighted by Gasteiger charge is -2.39. The monoisotopic (exact) mass is 533 g/mol. The van der Waals surface area contributed by atoms with Crippen LogP contribution in [0.15, 0.2) is 24.3 Å². The molecule has 0 N–H and O–H groups in total. The van der Waals surface area contributed by atoms with E-state index >= 15 is 0 Å². The zero-order valence-corrected chi connectivity index (χ0v) is 24.1. The second-order valence-electron chi connectivity index (χ2n) is 11.4. The Bertz CT molecular complexity index is 979. The summed E-state index contributed by atoms with van der Waals surface area (Å²) in [7, 11) is -3.49. The molecule has 1 saturated carbocycles. The average molecular weight is 534 g/mol. The second-order valence-corrected chi connectivity index (χ2v) is 13.7. The number of rotatable bonds is 12. The van der Waals surface area contributed by atoms with Gasteiger partial charge in [0.15, 0.2) is 0 Å². The van der Waals surface area contributed by atoms with E-state index in [0.717, 1.165) is 30.4 Å². The molecule has 2 aliphatic rings. The van der Waals surface area contributed by atoms with Crippen LogP contribution >= 0.6 is 0 Å². The maximum Gasteiger partial charge on any atom is 0.238 e. The molecule has 2 amide bonds. The predicted octanol–water partition coefficient (Wildman–Crippen LogP) is 4.59. The number of likely N-dealkylation sites (tertiary alicyclic amines) is 1. The molecule has 0 unspecified atom stereocenters. The number of amides is 2. The SMILES string of the molecule is CCS(=O)(=O)N(CC(=O)N(Cc1ccc(C)cc1)C1CCN(C(=O)CCC2CCCC2)CC1)CC(C)C. The first-order valence-corrected chi connectivity index (χ1v) is 15.8. The molecule has 0 spiro atoms. The minimum atomic E-state index is -3.49. The van der Waals surface area contributed by atoms with Crippen molar-refractivity contribution in [3.8, 4) is 0 Å². The molecule has 0 aromatic heterocycles. The van der Waals surface area contributed by atoms with Gasteiger partial charge in [0, 0.05) is 38.6 Å². The van der Waals surface area contributed by atoms with Crippen LogP contribution in [0.1, 0.15) is 83.3 Å². The van der Waals surface area contributed by atoms with Crippen LogP contribution in [0.25, 0.3) is 0 Å². The third-order valence-electron chi connectivity index (χ3n) is 7.93. The minimum absolute atomic E-state index is 0.0158. The van der Waals surface area contributed by atoms with Crippen molar-refractivity contribution in [2.24, 2.45) is 11.8 Å². The first-order chi connectivity index (χ1) is 17.6. The van der Waals surface area contributed by atoms with Crippen LogP contribution < -0.4 is 0 Å². The highest BCUT2D eigenvalue weighted by atomic mass is 32.2. The molecule has 1 aliphatic carbocycles. The van der Waals surface area contributed by atoms with E-state index in [1.54, 1.807) is 6.92 Å². The molecule has 1 heterocycles. The first-order valence-electron chi connectivity index (χ1n) is 14.2. The number of carbonyl (C=O) groups excluding carboxylic acids is 2. The zero-order valence-electron chi connectivity index (χ0n) is 23.3. The van der Waals surface area contributed by atoms with Crippen LogP contribution in [0.2, 0.25) is 0 Å². The number of hydrogen-bond donors (Lipinski definition) is 0. The van der Waals surface area contributed by atoms with Crippen molar-refractivity contribution in [3.05, 3.63) is 35.4 Å². The highest BCUT2D eigenvalue weighted by Crippen LogP contribution is 2.29. The molecule has 0 bridgehead atoms. The standard InChI is InChI=1S/C29H47N3O4S/c1-5-37(35,36)31(20-23(2)3)22-29(34)32(21-26-12-10-24(4)11-13-26)27-16-18-30(19-17-27)28(33)15-14-25-8-6-7-9-25/h10-13,23,25,27H,5-9,14-22H2,1-4H3. The largest absolute Gasteiger partial charge is 0.343 e. The first kappa shape index (κ1) is 29.6. The van der Waals surface area contributed by atoms with Crippen molar-refractivity contribution in [2.45, 2.75) is 91.6 Å². The topological polar surface area (TPSA) is 78.0 Å². The van der Waals surface area contributed by atoms with Gasteiger partial charge in [-0.05, 0) is 50.5 Å². The minimum Gasteiger partial charge on any atom is -0.343 e. The van der Waals surface area contributed by atoms with Crippen molar-refractivity contribution in [1.29, 1.82) is 0 Å². The number of carbonyl (C=O) groups is 2. The Morgan fingerprint density at radius 3 is 2.22 bits per heavy atom. The van der Waals surface area contributed by atoms with E-state index < -0.39 is 10.0 Å². The van der Waals surface area contributed by atoms with Gasteiger partial charge >= 0.3 is 0 Å². The maximum atomic E-state index is 13.7. The summed E-state index contributed by atoms with van der Waals surface area (Å²) in [5.74, 6) is 0.880. The summed E-state index contributed by atoms with van der Waals surface area (Å²) in [4.78, 5) is 30.4. The molecular weight excluding hydrogens is 486 g/mol. The van der Waals surface area contributed by atoms with Crippen LogP contribution in [0.4, 0.5) is 0 Å². The van der Waals surface area contributed by atoms with Crippen molar-refractivity contribution in [3.63, 3.8) is 0 Å². The molecule has 1 aromatic carbocycles. The summed E-state index contributed by atoms with van der Waals surface area (Å²) in [6.07, 6.45) is 8.16. The van der Waals surface area contributed by atoms with Crippen LogP contribution in [0.3, 0.4) is 0 Å². The molecule has 37 heavy (non-hydrogen) atoms. The Morgan fingerprint density at radius 1 is 1.03 bits per heavy atom. The molecule has 1 aromatic rings. The smallest absolute Gasteiger partial charge is 0.238 e. The number of benzene rings is 1. The molecule has 8 heteroatoms. The third kappa shape index (κ3) is 8.81. The molecule has 1 aliphatic heterocycles. The highest BCUT2D eigenvalue weighted by Gasteiger charge is 2.33. The highest BCUT2D eigenvalue weighted by molar-refractivity contribution is 7.89. The summed E-state index contributed by atoms with van der Waals surface area (Å²) < 4.78 is 26.9. The van der Waals surface area contributed by atoms with E-state index in [4.69, 9.17) is 0 Å². The summed E-state index contributed by atoms with van der Waals surface area (Å²) in [5.41, 5.74) is 2.19. The Labute approximate surface area is 224 Å². The molecular formula is C29H47N3O4S. The van der Waals surface area contributed by atoms with Crippen LogP contribution in [-0.2, 0) is 26.2 Å². The van der Waals surface area contributed by atoms with Crippen molar-refractivity contribution < 1.29 is 18.0 Å². The summed E-state index contributed by atoms with van der Waals surface area (Å²) in [5, 5.41) is 0. The lowest BCUT2D eigenvalue weighted by molar-refractivity contribution is -0.137. The lowest BCUT2D eigenvalue weighted by atomic mass is 9.99. The molecule has 0 atom stereocenters. The number of aryl methyl sites for hydroxylation is 1. The Balaban J connectivity index is 1.68. The van der Waals surface area contributed by atoms with E-state index in [1.165, 1.54) is 30.0 Å². The second kappa shape index (κ2) is 13.7.